The van der Waals surface area contributed by atoms with Crippen LogP contribution in [0.3, 0.4) is 0 Å². The molecule has 0 spiro atoms. The topological polar surface area (TPSA) is 122 Å². The van der Waals surface area contributed by atoms with Gasteiger partial charge in [-0.3, -0.25) is 0 Å². The van der Waals surface area contributed by atoms with Crippen LogP contribution in [0.2, 0.25) is 0 Å². The highest BCUT2D eigenvalue weighted by Crippen LogP contribution is 2.26. The van der Waals surface area contributed by atoms with E-state index in [0.717, 1.165) is 18.1 Å². The maximum atomic E-state index is 10.7. The molecule has 0 atom stereocenters. The van der Waals surface area contributed by atoms with Gasteiger partial charge in [0.2, 0.25) is 0 Å². The van der Waals surface area contributed by atoms with Crippen LogP contribution in [0.1, 0.15) is 83.7 Å². The summed E-state index contributed by atoms with van der Waals surface area (Å²) in [6, 6.07) is 5.03. The number of carboxylic acid groups (broad SMARTS) is 2. The molecule has 2 N–H and O–H groups in total. The zero-order chi connectivity index (χ0) is 18.8. The van der Waals surface area contributed by atoms with Gasteiger partial charge in [-0.25, -0.2) is 9.59 Å². The Kier molecular flexibility index (Phi) is 8.15. The largest absolute Gasteiger partial charge is 0.478 e. The van der Waals surface area contributed by atoms with E-state index in [4.69, 9.17) is 20.7 Å². The summed E-state index contributed by atoms with van der Waals surface area (Å²) in [5, 5.41) is 34.9. The number of nitrogens with zero attached hydrogens (tertiary/aromatic N) is 2. The molecular weight excluding hydrogens is 320 g/mol. The molecule has 1 aromatic rings. The van der Waals surface area contributed by atoms with Crippen LogP contribution in [-0.4, -0.2) is 22.2 Å². The van der Waals surface area contributed by atoms with Crippen molar-refractivity contribution in [2.45, 2.75) is 51.9 Å². The summed E-state index contributed by atoms with van der Waals surface area (Å²) in [5.41, 5.74) is -1.64. The van der Waals surface area contributed by atoms with Crippen LogP contribution in [0.25, 0.3) is 0 Å². The summed E-state index contributed by atoms with van der Waals surface area (Å²) in [7, 11) is 0. The minimum atomic E-state index is -1.38. The van der Waals surface area contributed by atoms with Gasteiger partial charge in [0, 0.05) is 0 Å². The molecule has 0 bridgehead atoms. The maximum absolute atomic E-state index is 10.7. The van der Waals surface area contributed by atoms with Gasteiger partial charge in [-0.05, 0) is 18.1 Å². The highest BCUT2D eigenvalue weighted by atomic mass is 16.4. The van der Waals surface area contributed by atoms with Crippen molar-refractivity contribution in [3.05, 3.63) is 34.4 Å². The summed E-state index contributed by atoms with van der Waals surface area (Å²) in [6.45, 7) is 2.30. The lowest BCUT2D eigenvalue weighted by Gasteiger charge is -2.20. The molecule has 1 aliphatic carbocycles. The van der Waals surface area contributed by atoms with Gasteiger partial charge >= 0.3 is 11.9 Å². The minimum absolute atomic E-state index is 0.385. The van der Waals surface area contributed by atoms with Crippen LogP contribution >= 0.6 is 0 Å². The average Bonchev–Trinajstić information content (AvgIpc) is 2.61. The summed E-state index contributed by atoms with van der Waals surface area (Å²) in [4.78, 5) is 21.4. The van der Waals surface area contributed by atoms with Crippen molar-refractivity contribution >= 4 is 11.9 Å². The lowest BCUT2D eigenvalue weighted by molar-refractivity contribution is 0.0680. The number of aromatic carboxylic acids is 2. The number of carbonyl (C=O) groups is 2. The van der Waals surface area contributed by atoms with E-state index in [1.807, 2.05) is 0 Å². The van der Waals surface area contributed by atoms with E-state index >= 15 is 0 Å². The standard InChI is InChI=1S/C10H4N2O4.C9H18/c11-3-7-5(9(13)14)1-2-6(10(15)16)8(7)4-12;1-2-6-9-7-4-3-5-8-9/h1-2H,(H,13,14)(H,15,16);9H,2-8H2,1H3. The third kappa shape index (κ3) is 5.61. The van der Waals surface area contributed by atoms with Crippen molar-refractivity contribution in [1.29, 1.82) is 10.5 Å². The predicted molar refractivity (Wildman–Crippen MR) is 91.3 cm³/mol. The van der Waals surface area contributed by atoms with E-state index in [0.29, 0.717) is 0 Å². The fourth-order valence-electron chi connectivity index (χ4n) is 3.08. The second-order valence-electron chi connectivity index (χ2n) is 6.04. The second-order valence-corrected chi connectivity index (χ2v) is 6.04. The van der Waals surface area contributed by atoms with Gasteiger partial charge in [0.1, 0.15) is 12.1 Å². The van der Waals surface area contributed by atoms with Crippen molar-refractivity contribution < 1.29 is 19.8 Å². The molecular formula is C19H22N2O4. The minimum Gasteiger partial charge on any atom is -0.478 e. The second kappa shape index (κ2) is 10.1. The van der Waals surface area contributed by atoms with Gasteiger partial charge in [-0.2, -0.15) is 10.5 Å². The van der Waals surface area contributed by atoms with Gasteiger partial charge in [-0.1, -0.05) is 51.9 Å². The van der Waals surface area contributed by atoms with E-state index in [1.54, 1.807) is 0 Å². The smallest absolute Gasteiger partial charge is 0.337 e. The zero-order valence-corrected chi connectivity index (χ0v) is 14.3. The van der Waals surface area contributed by atoms with Gasteiger partial charge in [0.15, 0.2) is 0 Å². The molecule has 1 aliphatic rings. The summed E-state index contributed by atoms with van der Waals surface area (Å²) < 4.78 is 0. The van der Waals surface area contributed by atoms with Gasteiger partial charge in [0.05, 0.1) is 22.3 Å². The van der Waals surface area contributed by atoms with Crippen molar-refractivity contribution in [2.24, 2.45) is 5.92 Å². The quantitative estimate of drug-likeness (QED) is 0.845. The lowest BCUT2D eigenvalue weighted by atomic mass is 9.86. The molecule has 0 radical (unpaired) electrons. The lowest BCUT2D eigenvalue weighted by Crippen LogP contribution is -2.08. The molecule has 0 aliphatic heterocycles. The molecule has 1 fully saturated rings. The Bertz CT molecular complexity index is 654. The molecule has 0 aromatic heterocycles. The molecule has 0 unspecified atom stereocenters. The van der Waals surface area contributed by atoms with E-state index in [2.05, 4.69) is 6.92 Å². The van der Waals surface area contributed by atoms with Crippen LogP contribution in [0, 0.1) is 28.6 Å². The van der Waals surface area contributed by atoms with E-state index in [9.17, 15) is 9.59 Å². The molecule has 25 heavy (non-hydrogen) atoms. The molecule has 2 rings (SSSR count). The number of carboxylic acids is 2. The first-order valence-corrected chi connectivity index (χ1v) is 8.40. The summed E-state index contributed by atoms with van der Waals surface area (Å²) in [5.74, 6) is -1.67. The monoisotopic (exact) mass is 342 g/mol. The Labute approximate surface area is 147 Å². The normalized spacial score (nSPS) is 13.7. The van der Waals surface area contributed by atoms with E-state index in [1.165, 1.54) is 57.1 Å². The fourth-order valence-corrected chi connectivity index (χ4v) is 3.08. The van der Waals surface area contributed by atoms with Crippen LogP contribution < -0.4 is 0 Å². The first-order valence-electron chi connectivity index (χ1n) is 8.40. The van der Waals surface area contributed by atoms with Gasteiger partial charge in [-0.15, -0.1) is 0 Å². The van der Waals surface area contributed by atoms with Crippen molar-refractivity contribution in [3.63, 3.8) is 0 Å². The highest BCUT2D eigenvalue weighted by Gasteiger charge is 2.20. The first-order chi connectivity index (χ1) is 12.0. The fraction of sp³-hybridized carbons (Fsp3) is 0.474. The number of hydrogen-bond donors (Lipinski definition) is 2. The molecule has 0 amide bonds. The molecule has 6 nitrogen and oxygen atoms in total. The molecule has 1 aromatic carbocycles. The summed E-state index contributed by atoms with van der Waals surface area (Å²) >= 11 is 0. The van der Waals surface area contributed by atoms with Gasteiger partial charge < -0.3 is 10.2 Å². The molecule has 0 saturated heterocycles. The van der Waals surface area contributed by atoms with Crippen molar-refractivity contribution in [3.8, 4) is 12.1 Å². The van der Waals surface area contributed by atoms with Gasteiger partial charge in [0.25, 0.3) is 0 Å². The molecule has 1 saturated carbocycles. The van der Waals surface area contributed by atoms with Crippen LogP contribution in [0.15, 0.2) is 12.1 Å². The third-order valence-corrected chi connectivity index (χ3v) is 4.31. The Morgan fingerprint density at radius 3 is 1.76 bits per heavy atom. The Balaban J connectivity index is 0.000000293. The first kappa shape index (κ1) is 20.2. The number of benzene rings is 1. The maximum Gasteiger partial charge on any atom is 0.337 e. The van der Waals surface area contributed by atoms with E-state index < -0.39 is 23.1 Å². The average molecular weight is 342 g/mol. The van der Waals surface area contributed by atoms with Crippen molar-refractivity contribution in [2.75, 3.05) is 0 Å². The van der Waals surface area contributed by atoms with Crippen molar-refractivity contribution in [1.82, 2.24) is 0 Å². The number of rotatable bonds is 4. The Morgan fingerprint density at radius 1 is 1.00 bits per heavy atom. The molecule has 6 heteroatoms. The Morgan fingerprint density at radius 2 is 1.44 bits per heavy atom. The SMILES string of the molecule is CCCC1CCCCC1.N#Cc1c(C(=O)O)ccc(C(=O)O)c1C#N. The predicted octanol–water partition coefficient (Wildman–Crippen LogP) is 4.19. The Hall–Kier alpha value is -2.86. The number of nitriles is 2. The zero-order valence-electron chi connectivity index (χ0n) is 14.3. The third-order valence-electron chi connectivity index (χ3n) is 4.31. The summed E-state index contributed by atoms with van der Waals surface area (Å²) in [6.07, 6.45) is 10.4. The van der Waals surface area contributed by atoms with E-state index in [-0.39, 0.29) is 11.1 Å². The highest BCUT2D eigenvalue weighted by molar-refractivity contribution is 5.97. The van der Waals surface area contributed by atoms with Crippen LogP contribution in [0.5, 0.6) is 0 Å². The van der Waals surface area contributed by atoms with Crippen LogP contribution in [0.4, 0.5) is 0 Å². The molecule has 132 valence electrons. The number of hydrogen-bond acceptors (Lipinski definition) is 4. The molecule has 0 heterocycles. The van der Waals surface area contributed by atoms with Crippen LogP contribution in [-0.2, 0) is 0 Å².